The average Bonchev–Trinajstić information content (AvgIpc) is 3.21. The maximum atomic E-state index is 13.4. The van der Waals surface area contributed by atoms with Crippen molar-refractivity contribution < 1.29 is 22.8 Å². The van der Waals surface area contributed by atoms with E-state index in [1.54, 1.807) is 32.2 Å². The van der Waals surface area contributed by atoms with E-state index in [0.717, 1.165) is 11.8 Å². The Kier molecular flexibility index (Phi) is 7.06. The molecule has 0 saturated heterocycles. The third-order valence-electron chi connectivity index (χ3n) is 5.59. The molecule has 1 aliphatic heterocycles. The molecule has 7 nitrogen and oxygen atoms in total. The number of halogens is 3. The monoisotopic (exact) mass is 491 g/mol. The highest BCUT2D eigenvalue weighted by molar-refractivity contribution is 7.59. The maximum absolute atomic E-state index is 13.4. The van der Waals surface area contributed by atoms with Crippen molar-refractivity contribution in [1.29, 1.82) is 0 Å². The summed E-state index contributed by atoms with van der Waals surface area (Å²) in [6.45, 7) is 5.46. The van der Waals surface area contributed by atoms with Crippen molar-refractivity contribution in [3.05, 3.63) is 70.8 Å². The molecule has 1 aromatic carbocycles. The largest absolute Gasteiger partial charge is 0.416 e. The first-order chi connectivity index (χ1) is 15.6. The number of anilines is 2. The number of aryl methyl sites for hydroxylation is 2. The minimum Gasteiger partial charge on any atom is -0.322 e. The first-order valence-electron chi connectivity index (χ1n) is 10.4. The van der Waals surface area contributed by atoms with Crippen LogP contribution in [0.5, 0.6) is 0 Å². The number of nitrogens with one attached hydrogen (secondary N) is 1. The summed E-state index contributed by atoms with van der Waals surface area (Å²) >= 11 is 0. The van der Waals surface area contributed by atoms with E-state index in [9.17, 15) is 22.8 Å². The molecule has 11 heteroatoms. The number of benzene rings is 1. The van der Waals surface area contributed by atoms with Gasteiger partial charge in [0, 0.05) is 29.8 Å². The number of pyridine rings is 1. The molecule has 1 aliphatic rings. The molecule has 0 aliphatic carbocycles. The van der Waals surface area contributed by atoms with Crippen LogP contribution in [-0.2, 0) is 12.6 Å². The van der Waals surface area contributed by atoms with E-state index < -0.39 is 23.6 Å². The summed E-state index contributed by atoms with van der Waals surface area (Å²) in [5, 5.41) is 6.96. The molecule has 4 rings (SSSR count). The smallest absolute Gasteiger partial charge is 0.322 e. The highest BCUT2D eigenvalue weighted by atomic mass is 32.1. The molecule has 3 heterocycles. The number of nitrogens with zero attached hydrogens (tertiary/aromatic N) is 4. The first kappa shape index (κ1) is 25.3. The van der Waals surface area contributed by atoms with Gasteiger partial charge in [0.2, 0.25) is 0 Å². The fourth-order valence-electron chi connectivity index (χ4n) is 3.99. The van der Waals surface area contributed by atoms with Gasteiger partial charge in [-0.25, -0.2) is 0 Å². The zero-order valence-corrected chi connectivity index (χ0v) is 19.8. The zero-order valence-electron chi connectivity index (χ0n) is 18.8. The second-order valence-corrected chi connectivity index (χ2v) is 7.95. The molecule has 0 radical (unpaired) electrons. The lowest BCUT2D eigenvalue weighted by Crippen LogP contribution is -2.43. The molecular weight excluding hydrogens is 467 g/mol. The molecule has 0 unspecified atom stereocenters. The van der Waals surface area contributed by atoms with E-state index >= 15 is 0 Å². The molecule has 1 atom stereocenters. The van der Waals surface area contributed by atoms with E-state index in [1.807, 2.05) is 6.92 Å². The van der Waals surface area contributed by atoms with Gasteiger partial charge in [-0.15, -0.1) is 0 Å². The highest BCUT2D eigenvalue weighted by Gasteiger charge is 2.37. The van der Waals surface area contributed by atoms with Crippen molar-refractivity contribution in [1.82, 2.24) is 14.8 Å². The number of hydrogen-bond donors (Lipinski definition) is 1. The van der Waals surface area contributed by atoms with E-state index in [0.29, 0.717) is 11.4 Å². The average molecular weight is 492 g/mol. The Balaban J connectivity index is 0.00000324. The van der Waals surface area contributed by atoms with Crippen LogP contribution in [0.25, 0.3) is 0 Å². The topological polar surface area (TPSA) is 80.1 Å². The Morgan fingerprint density at radius 1 is 1.24 bits per heavy atom. The lowest BCUT2D eigenvalue weighted by atomic mass is 10.0. The number of alkyl halides is 3. The summed E-state index contributed by atoms with van der Waals surface area (Å²) in [5.74, 6) is -1.01. The third kappa shape index (κ3) is 4.65. The molecule has 180 valence electrons. The molecule has 2 aromatic heterocycles. The fraction of sp³-hybridized carbons (Fsp3) is 0.304. The summed E-state index contributed by atoms with van der Waals surface area (Å²) < 4.78 is 41.4. The Morgan fingerprint density at radius 2 is 1.97 bits per heavy atom. The van der Waals surface area contributed by atoms with Crippen LogP contribution in [0.3, 0.4) is 0 Å². The van der Waals surface area contributed by atoms with Gasteiger partial charge in [0.05, 0.1) is 23.4 Å². The van der Waals surface area contributed by atoms with Crippen LogP contribution in [0.4, 0.5) is 24.5 Å². The van der Waals surface area contributed by atoms with Gasteiger partial charge in [0.1, 0.15) is 5.69 Å². The van der Waals surface area contributed by atoms with Crippen LogP contribution < -0.4 is 10.2 Å². The van der Waals surface area contributed by atoms with Gasteiger partial charge >= 0.3 is 6.18 Å². The maximum Gasteiger partial charge on any atom is 0.416 e. The summed E-state index contributed by atoms with van der Waals surface area (Å²) in [7, 11) is 0. The van der Waals surface area contributed by atoms with Gasteiger partial charge in [-0.3, -0.25) is 19.3 Å². The third-order valence-corrected chi connectivity index (χ3v) is 5.59. The van der Waals surface area contributed by atoms with Gasteiger partial charge in [0.15, 0.2) is 0 Å². The summed E-state index contributed by atoms with van der Waals surface area (Å²) in [6, 6.07) is 6.72. The van der Waals surface area contributed by atoms with Crippen LogP contribution in [0.1, 0.15) is 57.6 Å². The lowest BCUT2D eigenvalue weighted by Gasteiger charge is -2.32. The van der Waals surface area contributed by atoms with Crippen molar-refractivity contribution >= 4 is 36.7 Å². The highest BCUT2D eigenvalue weighted by Crippen LogP contribution is 2.36. The Bertz CT molecular complexity index is 1240. The van der Waals surface area contributed by atoms with Crippen LogP contribution in [0.2, 0.25) is 0 Å². The number of fused-ring (bicyclic) bond motifs is 1. The van der Waals surface area contributed by atoms with E-state index in [-0.39, 0.29) is 49.3 Å². The molecule has 0 fully saturated rings. The standard InChI is InChI=1S/C23H22F3N5O2.H2S/c1-4-15-10-17(5-6-19(15)23(24,25)26)30-12-14(3)31-20(22(30)33)18(11-28-31)21(32)29-16-7-8-27-13(2)9-16;/h5-11,14H,4,12H2,1-3H3,(H,27,29,32);1H2/t14-;/m0./s1. The quantitative estimate of drug-likeness (QED) is 0.571. The fourth-order valence-corrected chi connectivity index (χ4v) is 3.99. The van der Waals surface area contributed by atoms with E-state index in [2.05, 4.69) is 15.4 Å². The number of carbonyl (C=O) groups excluding carboxylic acids is 2. The second kappa shape index (κ2) is 9.49. The molecule has 0 spiro atoms. The minimum atomic E-state index is -4.47. The van der Waals surface area contributed by atoms with Gasteiger partial charge in [-0.2, -0.15) is 31.8 Å². The molecule has 0 saturated carbocycles. The number of carbonyl (C=O) groups is 2. The zero-order chi connectivity index (χ0) is 23.9. The molecule has 3 aromatic rings. The number of rotatable bonds is 4. The second-order valence-electron chi connectivity index (χ2n) is 7.95. The van der Waals surface area contributed by atoms with Crippen molar-refractivity contribution in [2.75, 3.05) is 16.8 Å². The summed E-state index contributed by atoms with van der Waals surface area (Å²) in [4.78, 5) is 31.8. The summed E-state index contributed by atoms with van der Waals surface area (Å²) in [5.41, 5.74) is 1.16. The van der Waals surface area contributed by atoms with Gasteiger partial charge < -0.3 is 10.2 Å². The van der Waals surface area contributed by atoms with Gasteiger partial charge in [-0.05, 0) is 56.2 Å². The SMILES string of the molecule is CCc1cc(N2C[C@H](C)n3ncc(C(=O)Nc4ccnc(C)c4)c3C2=O)ccc1C(F)(F)F.S. The van der Waals surface area contributed by atoms with Crippen molar-refractivity contribution in [3.8, 4) is 0 Å². The molecular formula is C23H24F3N5O2S. The van der Waals surface area contributed by atoms with Crippen LogP contribution in [0.15, 0.2) is 42.7 Å². The lowest BCUT2D eigenvalue weighted by molar-refractivity contribution is -0.138. The molecule has 1 N–H and O–H groups in total. The Hall–Kier alpha value is -3.34. The van der Waals surface area contributed by atoms with Crippen LogP contribution in [-0.4, -0.2) is 33.1 Å². The molecule has 2 amide bonds. The normalized spacial score (nSPS) is 15.5. The van der Waals surface area contributed by atoms with Crippen LogP contribution in [0, 0.1) is 6.92 Å². The van der Waals surface area contributed by atoms with Crippen molar-refractivity contribution in [2.24, 2.45) is 0 Å². The Labute approximate surface area is 201 Å². The number of hydrogen-bond acceptors (Lipinski definition) is 4. The molecule has 0 bridgehead atoms. The summed E-state index contributed by atoms with van der Waals surface area (Å²) in [6.07, 6.45) is -1.42. The van der Waals surface area contributed by atoms with Crippen molar-refractivity contribution in [3.63, 3.8) is 0 Å². The Morgan fingerprint density at radius 3 is 2.62 bits per heavy atom. The molecule has 34 heavy (non-hydrogen) atoms. The minimum absolute atomic E-state index is 0. The predicted octanol–water partition coefficient (Wildman–Crippen LogP) is 4.75. The first-order valence-corrected chi connectivity index (χ1v) is 10.4. The predicted molar refractivity (Wildman–Crippen MR) is 127 cm³/mol. The van der Waals surface area contributed by atoms with E-state index in [1.165, 1.54) is 27.9 Å². The van der Waals surface area contributed by atoms with E-state index in [4.69, 9.17) is 0 Å². The van der Waals surface area contributed by atoms with Gasteiger partial charge in [0.25, 0.3) is 11.8 Å². The van der Waals surface area contributed by atoms with Crippen molar-refractivity contribution in [2.45, 2.75) is 39.4 Å². The number of amides is 2. The van der Waals surface area contributed by atoms with Gasteiger partial charge in [-0.1, -0.05) is 6.92 Å². The number of aromatic nitrogens is 3. The van der Waals surface area contributed by atoms with Crippen LogP contribution >= 0.6 is 13.5 Å².